The van der Waals surface area contributed by atoms with Gasteiger partial charge in [0.25, 0.3) is 5.88 Å². The molecule has 1 aromatic carbocycles. The number of nitrogens with zero attached hydrogens (tertiary/aromatic N) is 3. The van der Waals surface area contributed by atoms with Crippen molar-refractivity contribution in [3.05, 3.63) is 69.8 Å². The number of hydrogen-bond acceptors (Lipinski definition) is 8. The number of aliphatic hydroxyl groups is 1. The van der Waals surface area contributed by atoms with Gasteiger partial charge in [-0.3, -0.25) is 4.98 Å². The van der Waals surface area contributed by atoms with Crippen molar-refractivity contribution in [3.63, 3.8) is 0 Å². The van der Waals surface area contributed by atoms with Crippen molar-refractivity contribution in [2.75, 3.05) is 20.8 Å². The molecule has 9 heteroatoms. The molecule has 0 amide bonds. The number of hydrogen-bond donors (Lipinski definition) is 3. The number of ether oxygens (including phenoxy) is 2. The van der Waals surface area contributed by atoms with E-state index in [1.54, 1.807) is 25.2 Å². The first-order valence-electron chi connectivity index (χ1n) is 11.1. The molecule has 0 saturated heterocycles. The second-order valence-corrected chi connectivity index (χ2v) is 9.09. The zero-order valence-corrected chi connectivity index (χ0v) is 20.6. The number of likely N-dealkylation sites (N-methyl/N-ethyl adjacent to an activating group) is 1. The molecule has 1 aliphatic rings. The van der Waals surface area contributed by atoms with Crippen molar-refractivity contribution in [3.8, 4) is 11.6 Å². The third-order valence-electron chi connectivity index (χ3n) is 6.14. The zero-order valence-electron chi connectivity index (χ0n) is 19.8. The van der Waals surface area contributed by atoms with Gasteiger partial charge in [0.1, 0.15) is 0 Å². The highest BCUT2D eigenvalue weighted by molar-refractivity contribution is 6.37. The Balaban J connectivity index is 1.94. The number of benzene rings is 1. The minimum absolute atomic E-state index is 0.281. The zero-order chi connectivity index (χ0) is 24.6. The van der Waals surface area contributed by atoms with Gasteiger partial charge in [0, 0.05) is 35.6 Å². The van der Waals surface area contributed by atoms with Crippen LogP contribution in [0.4, 0.5) is 0 Å². The molecule has 0 bridgehead atoms. The van der Waals surface area contributed by atoms with Gasteiger partial charge in [0.15, 0.2) is 5.60 Å². The molecule has 0 radical (unpaired) electrons. The van der Waals surface area contributed by atoms with Crippen molar-refractivity contribution >= 4 is 22.5 Å². The Kier molecular flexibility index (Phi) is 6.58. The fourth-order valence-electron chi connectivity index (χ4n) is 4.16. The fraction of sp³-hybridized carbons (Fsp3) is 0.360. The SMILES string of the molecule is COc1nc2ccc(C(O)(/C(=C/N)N(C)N)c3ccc(C)nc3C)cc2c(Cl)c1OCC1CC1. The number of fused-ring (bicyclic) bond motifs is 1. The third-order valence-corrected chi connectivity index (χ3v) is 6.52. The van der Waals surface area contributed by atoms with Crippen LogP contribution in [0.2, 0.25) is 5.02 Å². The highest BCUT2D eigenvalue weighted by atomic mass is 35.5. The van der Waals surface area contributed by atoms with Crippen molar-refractivity contribution in [1.82, 2.24) is 15.0 Å². The van der Waals surface area contributed by atoms with Gasteiger partial charge in [-0.05, 0) is 56.4 Å². The summed E-state index contributed by atoms with van der Waals surface area (Å²) in [6, 6.07) is 8.98. The Morgan fingerprint density at radius 3 is 2.59 bits per heavy atom. The van der Waals surface area contributed by atoms with Crippen LogP contribution in [0.15, 0.2) is 42.2 Å². The molecule has 180 valence electrons. The summed E-state index contributed by atoms with van der Waals surface area (Å²) in [4.78, 5) is 9.12. The van der Waals surface area contributed by atoms with Crippen LogP contribution in [-0.4, -0.2) is 40.8 Å². The molecule has 5 N–H and O–H groups in total. The Hall–Kier alpha value is -3.07. The normalized spacial score (nSPS) is 15.8. The Labute approximate surface area is 204 Å². The first-order valence-corrected chi connectivity index (χ1v) is 11.5. The van der Waals surface area contributed by atoms with Crippen molar-refractivity contribution in [2.45, 2.75) is 32.3 Å². The topological polar surface area (TPSA) is 120 Å². The molecular weight excluding hydrogens is 454 g/mol. The lowest BCUT2D eigenvalue weighted by atomic mass is 9.82. The van der Waals surface area contributed by atoms with E-state index in [9.17, 15) is 5.11 Å². The maximum atomic E-state index is 12.2. The van der Waals surface area contributed by atoms with E-state index in [0.29, 0.717) is 56.9 Å². The van der Waals surface area contributed by atoms with E-state index in [4.69, 9.17) is 32.7 Å². The molecular formula is C25H30ClN5O3. The lowest BCUT2D eigenvalue weighted by molar-refractivity contribution is 0.0870. The number of nitrogens with two attached hydrogens (primary N) is 2. The lowest BCUT2D eigenvalue weighted by Crippen LogP contribution is -2.42. The molecule has 4 rings (SSSR count). The molecule has 1 unspecified atom stereocenters. The van der Waals surface area contributed by atoms with E-state index in [0.717, 1.165) is 18.5 Å². The highest BCUT2D eigenvalue weighted by Gasteiger charge is 2.40. The highest BCUT2D eigenvalue weighted by Crippen LogP contribution is 2.44. The van der Waals surface area contributed by atoms with Crippen molar-refractivity contribution in [2.24, 2.45) is 17.5 Å². The number of rotatable bonds is 8. The summed E-state index contributed by atoms with van der Waals surface area (Å²) < 4.78 is 11.4. The van der Waals surface area contributed by atoms with Crippen LogP contribution in [0.25, 0.3) is 10.9 Å². The van der Waals surface area contributed by atoms with Gasteiger partial charge in [-0.2, -0.15) is 0 Å². The monoisotopic (exact) mass is 483 g/mol. The molecule has 3 aromatic rings. The summed E-state index contributed by atoms with van der Waals surface area (Å²) in [6.45, 7) is 4.28. The molecule has 2 aromatic heterocycles. The van der Waals surface area contributed by atoms with E-state index >= 15 is 0 Å². The quantitative estimate of drug-likeness (QED) is 0.328. The molecule has 34 heavy (non-hydrogen) atoms. The van der Waals surface area contributed by atoms with Gasteiger partial charge in [-0.15, -0.1) is 0 Å². The molecule has 1 saturated carbocycles. The molecule has 2 heterocycles. The van der Waals surface area contributed by atoms with Gasteiger partial charge >= 0.3 is 0 Å². The van der Waals surface area contributed by atoms with Crippen molar-refractivity contribution < 1.29 is 14.6 Å². The van der Waals surface area contributed by atoms with Gasteiger partial charge in [-0.1, -0.05) is 23.7 Å². The maximum absolute atomic E-state index is 12.2. The van der Waals surface area contributed by atoms with E-state index in [2.05, 4.69) is 9.97 Å². The van der Waals surface area contributed by atoms with E-state index in [1.165, 1.54) is 18.3 Å². The van der Waals surface area contributed by atoms with Gasteiger partial charge in [0.05, 0.1) is 30.0 Å². The fourth-order valence-corrected chi connectivity index (χ4v) is 4.45. The van der Waals surface area contributed by atoms with Crippen LogP contribution in [0, 0.1) is 19.8 Å². The number of pyridine rings is 2. The Bertz CT molecular complexity index is 1260. The average molecular weight is 484 g/mol. The van der Waals surface area contributed by atoms with Crippen LogP contribution in [0.1, 0.15) is 35.4 Å². The van der Waals surface area contributed by atoms with E-state index in [-0.39, 0.29) is 5.70 Å². The van der Waals surface area contributed by atoms with Gasteiger partial charge < -0.3 is 25.3 Å². The van der Waals surface area contributed by atoms with Crippen LogP contribution in [0.5, 0.6) is 11.6 Å². The third kappa shape index (κ3) is 4.24. The predicted molar refractivity (Wildman–Crippen MR) is 132 cm³/mol. The Morgan fingerprint density at radius 2 is 2.00 bits per heavy atom. The second kappa shape index (κ2) is 9.29. The molecule has 0 spiro atoms. The summed E-state index contributed by atoms with van der Waals surface area (Å²) >= 11 is 6.81. The Morgan fingerprint density at radius 1 is 1.26 bits per heavy atom. The second-order valence-electron chi connectivity index (χ2n) is 8.71. The minimum atomic E-state index is -1.70. The summed E-state index contributed by atoms with van der Waals surface area (Å²) in [5, 5.41) is 14.5. The minimum Gasteiger partial charge on any atom is -0.486 e. The first kappa shape index (κ1) is 24.1. The number of aryl methyl sites for hydroxylation is 2. The van der Waals surface area contributed by atoms with Gasteiger partial charge in [0.2, 0.25) is 5.75 Å². The lowest BCUT2D eigenvalue weighted by Gasteiger charge is -2.36. The number of methoxy groups -OCH3 is 1. The average Bonchev–Trinajstić information content (AvgIpc) is 3.62. The van der Waals surface area contributed by atoms with Crippen molar-refractivity contribution in [1.29, 1.82) is 0 Å². The standard InChI is InChI=1S/C25H30ClN5O3/c1-14-5-9-19(15(2)29-14)25(32,21(12-27)31(3)28)17-8-10-20-18(11-17)22(26)23(24(30-20)33-4)34-13-16-6-7-16/h5,8-12,16,32H,6-7,13,27-28H2,1-4H3/b21-12-. The summed E-state index contributed by atoms with van der Waals surface area (Å²) in [5.74, 6) is 7.34. The summed E-state index contributed by atoms with van der Waals surface area (Å²) in [6.07, 6.45) is 3.58. The van der Waals surface area contributed by atoms with Gasteiger partial charge in [-0.25, -0.2) is 10.8 Å². The molecule has 1 aliphatic carbocycles. The molecule has 0 aliphatic heterocycles. The van der Waals surface area contributed by atoms with E-state index < -0.39 is 5.60 Å². The summed E-state index contributed by atoms with van der Waals surface area (Å²) in [5.41, 5.74) is 7.67. The van der Waals surface area contributed by atoms with Crippen LogP contribution < -0.4 is 21.1 Å². The smallest absolute Gasteiger partial charge is 0.258 e. The predicted octanol–water partition coefficient (Wildman–Crippen LogP) is 3.54. The first-order chi connectivity index (χ1) is 16.2. The number of halogens is 1. The number of aromatic nitrogens is 2. The maximum Gasteiger partial charge on any atom is 0.258 e. The van der Waals surface area contributed by atoms with Crippen LogP contribution in [0.3, 0.4) is 0 Å². The van der Waals surface area contributed by atoms with Crippen LogP contribution >= 0.6 is 11.6 Å². The largest absolute Gasteiger partial charge is 0.486 e. The molecule has 1 atom stereocenters. The summed E-state index contributed by atoms with van der Waals surface area (Å²) in [7, 11) is 3.15. The molecule has 8 nitrogen and oxygen atoms in total. The van der Waals surface area contributed by atoms with E-state index in [1.807, 2.05) is 26.0 Å². The van der Waals surface area contributed by atoms with Crippen LogP contribution in [-0.2, 0) is 5.60 Å². The number of hydrazine groups is 1. The molecule has 1 fully saturated rings.